The normalized spacial score (nSPS) is 20.9. The minimum atomic E-state index is -0.548. The van der Waals surface area contributed by atoms with E-state index in [9.17, 15) is 5.11 Å². The van der Waals surface area contributed by atoms with Gasteiger partial charge in [-0.3, -0.25) is 10.2 Å². The summed E-state index contributed by atoms with van der Waals surface area (Å²) in [7, 11) is 1.63. The fourth-order valence-corrected chi connectivity index (χ4v) is 7.28. The number of ether oxygens (including phenoxy) is 3. The van der Waals surface area contributed by atoms with E-state index in [4.69, 9.17) is 24.3 Å². The molecular weight excluding hydrogens is 632 g/mol. The van der Waals surface area contributed by atoms with Gasteiger partial charge in [-0.2, -0.15) is 10.2 Å². The molecule has 50 heavy (non-hydrogen) atoms. The van der Waals surface area contributed by atoms with Crippen LogP contribution in [0.2, 0.25) is 0 Å². The van der Waals surface area contributed by atoms with Crippen molar-refractivity contribution in [2.45, 2.75) is 56.0 Å². The van der Waals surface area contributed by atoms with Gasteiger partial charge in [0.25, 0.3) is 0 Å². The van der Waals surface area contributed by atoms with E-state index in [1.54, 1.807) is 7.11 Å². The molecule has 2 atom stereocenters. The topological polar surface area (TPSA) is 138 Å². The van der Waals surface area contributed by atoms with E-state index in [0.717, 1.165) is 106 Å². The summed E-state index contributed by atoms with van der Waals surface area (Å²) in [4.78, 5) is 13.7. The largest absolute Gasteiger partial charge is 0.490 e. The van der Waals surface area contributed by atoms with Crippen molar-refractivity contribution in [2.75, 3.05) is 43.1 Å². The van der Waals surface area contributed by atoms with E-state index in [2.05, 4.69) is 60.4 Å². The number of hydrogen-bond acceptors (Lipinski definition) is 10. The summed E-state index contributed by atoms with van der Waals surface area (Å²) in [6, 6.07) is 18.6. The van der Waals surface area contributed by atoms with Gasteiger partial charge in [-0.15, -0.1) is 0 Å². The van der Waals surface area contributed by atoms with Crippen LogP contribution in [0.1, 0.15) is 37.2 Å². The van der Waals surface area contributed by atoms with Crippen molar-refractivity contribution >= 4 is 33.4 Å². The Hall–Kier alpha value is -5.20. The summed E-state index contributed by atoms with van der Waals surface area (Å²) >= 11 is 0. The van der Waals surface area contributed by atoms with E-state index in [-0.39, 0.29) is 18.1 Å². The van der Waals surface area contributed by atoms with Crippen molar-refractivity contribution in [1.29, 1.82) is 0 Å². The number of hydrogen-bond donors (Lipinski definition) is 3. The van der Waals surface area contributed by atoms with Gasteiger partial charge in [0.1, 0.15) is 34.9 Å². The van der Waals surface area contributed by atoms with Crippen LogP contribution < -0.4 is 19.3 Å². The van der Waals surface area contributed by atoms with Gasteiger partial charge in [0.15, 0.2) is 0 Å². The third-order valence-corrected chi connectivity index (χ3v) is 10.4. The number of benzene rings is 2. The van der Waals surface area contributed by atoms with Crippen LogP contribution in [0.25, 0.3) is 44.3 Å². The van der Waals surface area contributed by atoms with Gasteiger partial charge in [0.05, 0.1) is 35.0 Å². The highest BCUT2D eigenvalue weighted by molar-refractivity contribution is 5.97. The van der Waals surface area contributed by atoms with Crippen LogP contribution in [0.5, 0.6) is 11.5 Å². The highest BCUT2D eigenvalue weighted by Crippen LogP contribution is 2.42. The van der Waals surface area contributed by atoms with Crippen molar-refractivity contribution in [1.82, 2.24) is 30.4 Å². The molecule has 0 amide bonds. The molecule has 0 unspecified atom stereocenters. The van der Waals surface area contributed by atoms with Crippen molar-refractivity contribution in [3.63, 3.8) is 0 Å². The maximum absolute atomic E-state index is 10.4. The van der Waals surface area contributed by atoms with Crippen LogP contribution in [0.15, 0.2) is 67.0 Å². The van der Waals surface area contributed by atoms with Gasteiger partial charge < -0.3 is 29.1 Å². The third kappa shape index (κ3) is 5.39. The molecule has 2 saturated carbocycles. The molecule has 254 valence electrons. The van der Waals surface area contributed by atoms with Crippen LogP contribution in [-0.2, 0) is 4.74 Å². The number of nitrogens with zero attached hydrogens (tertiary/aromatic N) is 6. The second kappa shape index (κ2) is 11.7. The predicted octanol–water partition coefficient (Wildman–Crippen LogP) is 5.45. The number of fused-ring (bicyclic) bond motifs is 2. The van der Waals surface area contributed by atoms with Crippen molar-refractivity contribution in [3.8, 4) is 34.0 Å². The average Bonchev–Trinajstić information content (AvgIpc) is 3.98. The lowest BCUT2D eigenvalue weighted by atomic mass is 9.89. The number of aliphatic hydroxyl groups is 1. The van der Waals surface area contributed by atoms with Crippen LogP contribution >= 0.6 is 0 Å². The highest BCUT2D eigenvalue weighted by atomic mass is 16.5. The quantitative estimate of drug-likeness (QED) is 0.173. The number of aromatic amines is 2. The molecule has 2 aliphatic heterocycles. The van der Waals surface area contributed by atoms with Crippen molar-refractivity contribution < 1.29 is 19.3 Å². The SMILES string of the molecule is CO[C@H]1CN(c2cc(-c3[nH]nc4c(C5CN(c6cc(-c7n[nH]c8ccc(OC9CC9)cc78)ccn6)C5)cc(OC5CC5)cc34)ccn2)C[C@@H]1O. The molecule has 6 aromatic rings. The summed E-state index contributed by atoms with van der Waals surface area (Å²) in [5.74, 6) is 3.76. The van der Waals surface area contributed by atoms with E-state index < -0.39 is 6.10 Å². The molecule has 4 aromatic heterocycles. The second-order valence-corrected chi connectivity index (χ2v) is 14.1. The Morgan fingerprint density at radius 2 is 1.42 bits per heavy atom. The van der Waals surface area contributed by atoms with Crippen molar-refractivity contribution in [2.24, 2.45) is 0 Å². The smallest absolute Gasteiger partial charge is 0.129 e. The zero-order valence-electron chi connectivity index (χ0n) is 27.7. The summed E-state index contributed by atoms with van der Waals surface area (Å²) in [5.41, 5.74) is 6.94. The maximum Gasteiger partial charge on any atom is 0.129 e. The fourth-order valence-electron chi connectivity index (χ4n) is 7.28. The van der Waals surface area contributed by atoms with E-state index in [1.807, 2.05) is 36.7 Å². The molecule has 2 aliphatic carbocycles. The summed E-state index contributed by atoms with van der Waals surface area (Å²) in [5, 5.41) is 28.6. The lowest BCUT2D eigenvalue weighted by Crippen LogP contribution is -2.45. The first-order valence-electron chi connectivity index (χ1n) is 17.5. The Morgan fingerprint density at radius 3 is 2.16 bits per heavy atom. The van der Waals surface area contributed by atoms with Gasteiger partial charge in [-0.1, -0.05) is 0 Å². The van der Waals surface area contributed by atoms with Crippen LogP contribution in [0.3, 0.4) is 0 Å². The number of aromatic nitrogens is 6. The average molecular weight is 671 g/mol. The number of H-pyrrole nitrogens is 2. The van der Waals surface area contributed by atoms with E-state index in [0.29, 0.717) is 19.2 Å². The number of β-amino-alcohol motifs (C(OH)–C–C–N with tert-alkyl or cyclic N) is 1. The Kier molecular flexibility index (Phi) is 6.95. The molecular formula is C38H38N8O4. The molecule has 10 rings (SSSR count). The molecule has 0 spiro atoms. The Morgan fingerprint density at radius 1 is 0.720 bits per heavy atom. The first kappa shape index (κ1) is 29.7. The monoisotopic (exact) mass is 670 g/mol. The molecule has 0 bridgehead atoms. The first-order chi connectivity index (χ1) is 24.6. The van der Waals surface area contributed by atoms with Crippen LogP contribution in [0.4, 0.5) is 11.6 Å². The number of methoxy groups -OCH3 is 1. The summed E-state index contributed by atoms with van der Waals surface area (Å²) < 4.78 is 17.9. The minimum Gasteiger partial charge on any atom is -0.490 e. The molecule has 2 saturated heterocycles. The summed E-state index contributed by atoms with van der Waals surface area (Å²) in [6.07, 6.45) is 7.93. The van der Waals surface area contributed by atoms with Crippen LogP contribution in [-0.4, -0.2) is 93.2 Å². The van der Waals surface area contributed by atoms with Gasteiger partial charge in [0, 0.05) is 73.5 Å². The Balaban J connectivity index is 0.927. The molecule has 12 heteroatoms. The second-order valence-electron chi connectivity index (χ2n) is 14.1. The molecule has 4 fully saturated rings. The number of rotatable bonds is 10. The zero-order chi connectivity index (χ0) is 33.3. The predicted molar refractivity (Wildman–Crippen MR) is 190 cm³/mol. The molecule has 6 heterocycles. The number of nitrogens with one attached hydrogen (secondary N) is 2. The minimum absolute atomic E-state index is 0.233. The molecule has 2 aromatic carbocycles. The maximum atomic E-state index is 10.4. The molecule has 0 radical (unpaired) electrons. The van der Waals surface area contributed by atoms with E-state index in [1.165, 1.54) is 5.56 Å². The van der Waals surface area contributed by atoms with Gasteiger partial charge in [-0.25, -0.2) is 9.97 Å². The lowest BCUT2D eigenvalue weighted by Gasteiger charge is -2.40. The Labute approximate surface area is 288 Å². The van der Waals surface area contributed by atoms with Gasteiger partial charge in [0.2, 0.25) is 0 Å². The number of aliphatic hydroxyl groups excluding tert-OH is 1. The summed E-state index contributed by atoms with van der Waals surface area (Å²) in [6.45, 7) is 2.70. The Bertz CT molecular complexity index is 2220. The molecule has 3 N–H and O–H groups in total. The van der Waals surface area contributed by atoms with Gasteiger partial charge >= 0.3 is 0 Å². The fraction of sp³-hybridized carbons (Fsp3) is 0.368. The van der Waals surface area contributed by atoms with Gasteiger partial charge in [-0.05, 0) is 85.8 Å². The lowest BCUT2D eigenvalue weighted by molar-refractivity contribution is 0.0217. The van der Waals surface area contributed by atoms with E-state index >= 15 is 0 Å². The van der Waals surface area contributed by atoms with Crippen molar-refractivity contribution in [3.05, 3.63) is 72.6 Å². The van der Waals surface area contributed by atoms with Crippen LogP contribution in [0, 0.1) is 0 Å². The first-order valence-corrected chi connectivity index (χ1v) is 17.5. The molecule has 12 nitrogen and oxygen atoms in total. The highest BCUT2D eigenvalue weighted by Gasteiger charge is 2.34. The molecule has 4 aliphatic rings. The number of pyridine rings is 2. The zero-order valence-corrected chi connectivity index (χ0v) is 27.7. The third-order valence-electron chi connectivity index (χ3n) is 10.4. The standard InChI is InChI=1S/C38H38N8O4/c1-48-33-20-46(19-32(33)47)35-13-22(9-11-40-35)37-30-16-27(50-25-4-5-25)15-28(38(30)44-43-37)23-17-45(18-23)34-12-21(8-10-39-34)36-29-14-26(49-24-2-3-24)6-7-31(29)41-42-36/h6-16,23-25,32-33,47H,2-5,17-20H2,1H3,(H,41,42)(H,43,44)/t32-,33-/m0/s1. The number of anilines is 2.